The maximum atomic E-state index is 9.10. The number of aliphatic hydroxyl groups excluding tert-OH is 3. The predicted octanol–water partition coefficient (Wildman–Crippen LogP) is -2.23. The van der Waals surface area contributed by atoms with Gasteiger partial charge in [-0.15, -0.1) is 0 Å². The smallest absolute Gasteiger partial charge is 0.183 e. The van der Waals surface area contributed by atoms with Crippen LogP contribution >= 0.6 is 0 Å². The van der Waals surface area contributed by atoms with Gasteiger partial charge in [-0.3, -0.25) is 0 Å². The highest BCUT2D eigenvalue weighted by molar-refractivity contribution is 4.80. The monoisotopic (exact) mass is 163 g/mol. The quantitative estimate of drug-likeness (QED) is 0.351. The molecular formula is C6H13NO4. The molecule has 11 heavy (non-hydrogen) atoms. The lowest BCUT2D eigenvalue weighted by Crippen LogP contribution is -2.50. The van der Waals surface area contributed by atoms with E-state index in [2.05, 4.69) is 0 Å². The summed E-state index contributed by atoms with van der Waals surface area (Å²) in [5.74, 6) is 0. The van der Waals surface area contributed by atoms with Crippen LogP contribution in [0.25, 0.3) is 0 Å². The first-order valence-electron chi connectivity index (χ1n) is 3.55. The number of rotatable bonds is 1. The molecule has 0 saturated carbocycles. The molecule has 1 fully saturated rings. The zero-order valence-corrected chi connectivity index (χ0v) is 6.05. The Kier molecular flexibility index (Phi) is 2.80. The molecule has 1 aliphatic heterocycles. The fraction of sp³-hybridized carbons (Fsp3) is 1.00. The third-order valence-corrected chi connectivity index (χ3v) is 1.79. The highest BCUT2D eigenvalue weighted by Crippen LogP contribution is 2.17. The van der Waals surface area contributed by atoms with Crippen molar-refractivity contribution in [3.05, 3.63) is 0 Å². The van der Waals surface area contributed by atoms with Gasteiger partial charge in [-0.05, 0) is 0 Å². The van der Waals surface area contributed by atoms with Gasteiger partial charge < -0.3 is 25.8 Å². The van der Waals surface area contributed by atoms with Crippen molar-refractivity contribution in [3.63, 3.8) is 0 Å². The summed E-state index contributed by atoms with van der Waals surface area (Å²) in [4.78, 5) is 0. The number of nitrogens with two attached hydrogens (primary N) is 1. The third kappa shape index (κ3) is 1.88. The number of ether oxygens (including phenoxy) is 1. The zero-order valence-electron chi connectivity index (χ0n) is 6.05. The molecule has 1 heterocycles. The van der Waals surface area contributed by atoms with Crippen molar-refractivity contribution in [2.75, 3.05) is 6.54 Å². The van der Waals surface area contributed by atoms with Crippen LogP contribution < -0.4 is 5.73 Å². The Balaban J connectivity index is 2.47. The van der Waals surface area contributed by atoms with Crippen LogP contribution in [0.1, 0.15) is 6.42 Å². The Morgan fingerprint density at radius 3 is 2.45 bits per heavy atom. The maximum Gasteiger partial charge on any atom is 0.183 e. The normalized spacial score (nSPS) is 45.8. The molecule has 0 radical (unpaired) electrons. The molecule has 5 heteroatoms. The van der Waals surface area contributed by atoms with Gasteiger partial charge in [0.1, 0.15) is 6.10 Å². The van der Waals surface area contributed by atoms with Gasteiger partial charge in [0.05, 0.1) is 12.2 Å². The lowest BCUT2D eigenvalue weighted by atomic mass is 10.0. The molecule has 0 aromatic rings. The van der Waals surface area contributed by atoms with Crippen LogP contribution in [-0.4, -0.2) is 46.5 Å². The van der Waals surface area contributed by atoms with E-state index in [1.807, 2.05) is 0 Å². The van der Waals surface area contributed by atoms with E-state index in [-0.39, 0.29) is 19.1 Å². The minimum absolute atomic E-state index is 0.237. The first-order valence-corrected chi connectivity index (χ1v) is 3.55. The van der Waals surface area contributed by atoms with Crippen LogP contribution in [0.5, 0.6) is 0 Å². The summed E-state index contributed by atoms with van der Waals surface area (Å²) < 4.78 is 4.84. The Hall–Kier alpha value is -0.200. The molecule has 0 bridgehead atoms. The largest absolute Gasteiger partial charge is 0.390 e. The number of hydrogen-bond donors (Lipinski definition) is 4. The van der Waals surface area contributed by atoms with Crippen molar-refractivity contribution in [1.82, 2.24) is 0 Å². The van der Waals surface area contributed by atoms with Crippen molar-refractivity contribution < 1.29 is 20.1 Å². The average Bonchev–Trinajstić information content (AvgIpc) is 1.99. The van der Waals surface area contributed by atoms with Crippen LogP contribution in [0, 0.1) is 0 Å². The van der Waals surface area contributed by atoms with E-state index in [0.717, 1.165) is 0 Å². The third-order valence-electron chi connectivity index (χ3n) is 1.79. The van der Waals surface area contributed by atoms with Crippen molar-refractivity contribution in [1.29, 1.82) is 0 Å². The van der Waals surface area contributed by atoms with Gasteiger partial charge in [-0.25, -0.2) is 0 Å². The van der Waals surface area contributed by atoms with Crippen LogP contribution in [0.15, 0.2) is 0 Å². The summed E-state index contributed by atoms with van der Waals surface area (Å²) in [5.41, 5.74) is 5.24. The molecule has 5 nitrogen and oxygen atoms in total. The van der Waals surface area contributed by atoms with Gasteiger partial charge in [0, 0.05) is 13.0 Å². The summed E-state index contributed by atoms with van der Waals surface area (Å²) in [7, 11) is 0. The first-order chi connectivity index (χ1) is 5.15. The van der Waals surface area contributed by atoms with Gasteiger partial charge in [0.15, 0.2) is 6.29 Å². The topological polar surface area (TPSA) is 95.9 Å². The molecule has 5 N–H and O–H groups in total. The van der Waals surface area contributed by atoms with Gasteiger partial charge in [-0.1, -0.05) is 0 Å². The minimum Gasteiger partial charge on any atom is -0.390 e. The Bertz CT molecular complexity index is 120. The summed E-state index contributed by atoms with van der Waals surface area (Å²) in [5, 5.41) is 27.1. The predicted molar refractivity (Wildman–Crippen MR) is 36.6 cm³/mol. The highest BCUT2D eigenvalue weighted by atomic mass is 16.6. The lowest BCUT2D eigenvalue weighted by Gasteiger charge is -2.33. The summed E-state index contributed by atoms with van der Waals surface area (Å²) in [6, 6.07) is 0. The molecule has 0 aromatic carbocycles. The van der Waals surface area contributed by atoms with E-state index < -0.39 is 18.5 Å². The van der Waals surface area contributed by atoms with Gasteiger partial charge in [0.25, 0.3) is 0 Å². The lowest BCUT2D eigenvalue weighted by molar-refractivity contribution is -0.244. The fourth-order valence-corrected chi connectivity index (χ4v) is 1.08. The molecule has 0 aromatic heterocycles. The van der Waals surface area contributed by atoms with E-state index in [1.54, 1.807) is 0 Å². The standard InChI is InChI=1S/C6H13NO4/c7-2-3-1-4(8)5(9)6(10)11-3/h3-6,8-10H,1-2,7H2. The molecule has 0 amide bonds. The molecule has 1 aliphatic rings. The van der Waals surface area contributed by atoms with Gasteiger partial charge in [0.2, 0.25) is 0 Å². The van der Waals surface area contributed by atoms with Crippen LogP contribution in [0.4, 0.5) is 0 Å². The molecule has 1 saturated heterocycles. The number of hydrogen-bond acceptors (Lipinski definition) is 5. The van der Waals surface area contributed by atoms with E-state index in [9.17, 15) is 0 Å². The SMILES string of the molecule is NCC1CC(O)C(O)C(O)O1. The van der Waals surface area contributed by atoms with Crippen molar-refractivity contribution in [3.8, 4) is 0 Å². The second kappa shape index (κ2) is 3.46. The Morgan fingerprint density at radius 1 is 1.36 bits per heavy atom. The van der Waals surface area contributed by atoms with Crippen molar-refractivity contribution >= 4 is 0 Å². The van der Waals surface area contributed by atoms with Crippen molar-refractivity contribution in [2.24, 2.45) is 5.73 Å². The van der Waals surface area contributed by atoms with Crippen molar-refractivity contribution in [2.45, 2.75) is 31.0 Å². The van der Waals surface area contributed by atoms with Crippen LogP contribution in [-0.2, 0) is 4.74 Å². The molecule has 4 unspecified atom stereocenters. The number of aliphatic hydroxyl groups is 3. The second-order valence-electron chi connectivity index (χ2n) is 2.68. The molecule has 0 aliphatic carbocycles. The average molecular weight is 163 g/mol. The van der Waals surface area contributed by atoms with E-state index in [1.165, 1.54) is 0 Å². The summed E-state index contributed by atoms with van der Waals surface area (Å²) in [6.07, 6.45) is -3.55. The van der Waals surface area contributed by atoms with Gasteiger partial charge >= 0.3 is 0 Å². The Morgan fingerprint density at radius 2 is 2.00 bits per heavy atom. The van der Waals surface area contributed by atoms with E-state index >= 15 is 0 Å². The highest BCUT2D eigenvalue weighted by Gasteiger charge is 2.34. The molecular weight excluding hydrogens is 150 g/mol. The van der Waals surface area contributed by atoms with Gasteiger partial charge in [-0.2, -0.15) is 0 Å². The van der Waals surface area contributed by atoms with E-state index in [0.29, 0.717) is 0 Å². The van der Waals surface area contributed by atoms with E-state index in [4.69, 9.17) is 25.8 Å². The van der Waals surface area contributed by atoms with Crippen LogP contribution in [0.3, 0.4) is 0 Å². The fourth-order valence-electron chi connectivity index (χ4n) is 1.08. The molecule has 66 valence electrons. The Labute approximate surface area is 64.4 Å². The second-order valence-corrected chi connectivity index (χ2v) is 2.68. The maximum absolute atomic E-state index is 9.10. The molecule has 1 rings (SSSR count). The molecule has 0 spiro atoms. The first kappa shape index (κ1) is 8.89. The van der Waals surface area contributed by atoms with Crippen LogP contribution in [0.2, 0.25) is 0 Å². The zero-order chi connectivity index (χ0) is 8.43. The molecule has 4 atom stereocenters. The minimum atomic E-state index is -1.31. The summed E-state index contributed by atoms with van der Waals surface area (Å²) in [6.45, 7) is 0.237. The summed E-state index contributed by atoms with van der Waals surface area (Å²) >= 11 is 0.